The largest absolute Gasteiger partial charge is 0.496 e. The fourth-order valence-corrected chi connectivity index (χ4v) is 1.66. The van der Waals surface area contributed by atoms with Gasteiger partial charge < -0.3 is 4.74 Å². The van der Waals surface area contributed by atoms with Gasteiger partial charge in [-0.05, 0) is 30.2 Å². The van der Waals surface area contributed by atoms with Crippen molar-refractivity contribution < 1.29 is 9.53 Å². The SMILES string of the molecule is COc1ccccc1C(=C=O)C#Cc1ccccc1. The molecule has 0 fully saturated rings. The molecule has 92 valence electrons. The van der Waals surface area contributed by atoms with Gasteiger partial charge in [-0.1, -0.05) is 36.3 Å². The minimum Gasteiger partial charge on any atom is -0.496 e. The number of ether oxygens (including phenoxy) is 1. The van der Waals surface area contributed by atoms with Crippen molar-refractivity contribution in [1.29, 1.82) is 0 Å². The molecule has 0 spiro atoms. The molecular formula is C17H12O2. The normalized spacial score (nSPS) is 8.89. The Bertz CT molecular complexity index is 669. The van der Waals surface area contributed by atoms with E-state index in [2.05, 4.69) is 11.8 Å². The number of rotatable bonds is 2. The maximum absolute atomic E-state index is 11.1. The highest BCUT2D eigenvalue weighted by atomic mass is 16.5. The fourth-order valence-electron chi connectivity index (χ4n) is 1.66. The van der Waals surface area contributed by atoms with Crippen LogP contribution < -0.4 is 4.74 Å². The summed E-state index contributed by atoms with van der Waals surface area (Å²) < 4.78 is 5.21. The molecule has 2 heteroatoms. The molecule has 0 N–H and O–H groups in total. The molecule has 0 bridgehead atoms. The van der Waals surface area contributed by atoms with Gasteiger partial charge in [0.25, 0.3) is 0 Å². The maximum atomic E-state index is 11.1. The van der Waals surface area contributed by atoms with Crippen LogP contribution in [0.25, 0.3) is 5.57 Å². The molecule has 0 aliphatic rings. The number of carbonyl (C=O) groups excluding carboxylic acids is 1. The van der Waals surface area contributed by atoms with Crippen LogP contribution in [0.2, 0.25) is 0 Å². The van der Waals surface area contributed by atoms with E-state index in [0.717, 1.165) is 5.56 Å². The van der Waals surface area contributed by atoms with E-state index < -0.39 is 0 Å². The summed E-state index contributed by atoms with van der Waals surface area (Å²) in [7, 11) is 1.56. The summed E-state index contributed by atoms with van der Waals surface area (Å²) in [5.74, 6) is 8.27. The Balaban J connectivity index is 2.38. The van der Waals surface area contributed by atoms with E-state index >= 15 is 0 Å². The molecule has 2 aromatic rings. The van der Waals surface area contributed by atoms with Crippen LogP contribution in [0.15, 0.2) is 54.6 Å². The third kappa shape index (κ3) is 3.13. The molecule has 0 unspecified atom stereocenters. The molecule has 0 aliphatic heterocycles. The Labute approximate surface area is 112 Å². The summed E-state index contributed by atoms with van der Waals surface area (Å²) in [5, 5.41) is 0. The van der Waals surface area contributed by atoms with E-state index in [4.69, 9.17) is 4.74 Å². The molecule has 2 nitrogen and oxygen atoms in total. The lowest BCUT2D eigenvalue weighted by Gasteiger charge is -2.04. The Hall–Kier alpha value is -2.75. The maximum Gasteiger partial charge on any atom is 0.142 e. The van der Waals surface area contributed by atoms with Crippen LogP contribution >= 0.6 is 0 Å². The molecule has 0 aliphatic carbocycles. The van der Waals surface area contributed by atoms with E-state index in [1.165, 1.54) is 0 Å². The fraction of sp³-hybridized carbons (Fsp3) is 0.0588. The molecule has 2 rings (SSSR count). The van der Waals surface area contributed by atoms with Gasteiger partial charge in [0.1, 0.15) is 17.3 Å². The summed E-state index contributed by atoms with van der Waals surface area (Å²) in [6.07, 6.45) is 0. The lowest BCUT2D eigenvalue weighted by atomic mass is 10.1. The highest BCUT2D eigenvalue weighted by Gasteiger charge is 2.06. The van der Waals surface area contributed by atoms with E-state index in [1.807, 2.05) is 48.4 Å². The van der Waals surface area contributed by atoms with Gasteiger partial charge in [0.2, 0.25) is 0 Å². The highest BCUT2D eigenvalue weighted by molar-refractivity contribution is 5.98. The molecule has 0 saturated carbocycles. The summed E-state index contributed by atoms with van der Waals surface area (Å²) in [6, 6.07) is 16.7. The van der Waals surface area contributed by atoms with Crippen LogP contribution in [-0.2, 0) is 4.79 Å². The monoisotopic (exact) mass is 248 g/mol. The van der Waals surface area contributed by atoms with Crippen LogP contribution in [0.1, 0.15) is 11.1 Å². The Kier molecular flexibility index (Phi) is 4.18. The first kappa shape index (κ1) is 12.7. The van der Waals surface area contributed by atoms with Gasteiger partial charge >= 0.3 is 0 Å². The van der Waals surface area contributed by atoms with Gasteiger partial charge in [0.05, 0.1) is 7.11 Å². The molecule has 19 heavy (non-hydrogen) atoms. The van der Waals surface area contributed by atoms with Crippen LogP contribution in [0.5, 0.6) is 5.75 Å². The summed E-state index contributed by atoms with van der Waals surface area (Å²) >= 11 is 0. The van der Waals surface area contributed by atoms with Crippen molar-refractivity contribution in [3.63, 3.8) is 0 Å². The standard InChI is InChI=1S/C17H12O2/c1-19-17-10-6-5-9-16(17)15(13-18)12-11-14-7-3-2-4-8-14/h2-10H,1H3. The molecule has 0 saturated heterocycles. The van der Waals surface area contributed by atoms with Crippen molar-refractivity contribution in [2.75, 3.05) is 7.11 Å². The third-order valence-corrected chi connectivity index (χ3v) is 2.58. The van der Waals surface area contributed by atoms with Gasteiger partial charge in [-0.3, -0.25) is 0 Å². The first-order chi connectivity index (χ1) is 9.35. The highest BCUT2D eigenvalue weighted by Crippen LogP contribution is 2.23. The van der Waals surface area contributed by atoms with E-state index in [9.17, 15) is 4.79 Å². The summed E-state index contributed by atoms with van der Waals surface area (Å²) in [6.45, 7) is 0. The lowest BCUT2D eigenvalue weighted by molar-refractivity contribution is 0.413. The molecule has 0 atom stereocenters. The molecular weight excluding hydrogens is 236 g/mol. The van der Waals surface area contributed by atoms with Crippen molar-refractivity contribution in [3.05, 3.63) is 65.7 Å². The predicted octanol–water partition coefficient (Wildman–Crippen LogP) is 2.96. The van der Waals surface area contributed by atoms with Crippen molar-refractivity contribution in [1.82, 2.24) is 0 Å². The van der Waals surface area contributed by atoms with Crippen molar-refractivity contribution >= 4 is 11.5 Å². The zero-order chi connectivity index (χ0) is 13.5. The Morgan fingerprint density at radius 2 is 1.68 bits per heavy atom. The second kappa shape index (κ2) is 6.26. The van der Waals surface area contributed by atoms with E-state index in [-0.39, 0.29) is 0 Å². The van der Waals surface area contributed by atoms with Crippen LogP contribution in [-0.4, -0.2) is 13.1 Å². The molecule has 0 amide bonds. The number of benzene rings is 2. The third-order valence-electron chi connectivity index (χ3n) is 2.58. The average Bonchev–Trinajstić information content (AvgIpc) is 2.49. The van der Waals surface area contributed by atoms with Crippen molar-refractivity contribution in [2.24, 2.45) is 0 Å². The first-order valence-corrected chi connectivity index (χ1v) is 5.80. The minimum atomic E-state index is 0.293. The van der Waals surface area contributed by atoms with Gasteiger partial charge in [-0.2, -0.15) is 0 Å². The van der Waals surface area contributed by atoms with Crippen molar-refractivity contribution in [3.8, 4) is 17.6 Å². The molecule has 0 heterocycles. The zero-order valence-electron chi connectivity index (χ0n) is 10.5. The smallest absolute Gasteiger partial charge is 0.142 e. The van der Waals surface area contributed by atoms with E-state index in [0.29, 0.717) is 16.9 Å². The zero-order valence-corrected chi connectivity index (χ0v) is 10.5. The number of methoxy groups -OCH3 is 1. The van der Waals surface area contributed by atoms with Crippen molar-refractivity contribution in [2.45, 2.75) is 0 Å². The second-order valence-corrected chi connectivity index (χ2v) is 3.79. The summed E-state index contributed by atoms with van der Waals surface area (Å²) in [4.78, 5) is 11.1. The summed E-state index contributed by atoms with van der Waals surface area (Å²) in [5.41, 5.74) is 1.80. The topological polar surface area (TPSA) is 26.3 Å². The van der Waals surface area contributed by atoms with Gasteiger partial charge in [-0.25, -0.2) is 4.79 Å². The first-order valence-electron chi connectivity index (χ1n) is 5.80. The minimum absolute atomic E-state index is 0.293. The lowest BCUT2D eigenvalue weighted by Crippen LogP contribution is -1.90. The number of hydrogen-bond acceptors (Lipinski definition) is 2. The van der Waals surface area contributed by atoms with Gasteiger partial charge in [-0.15, -0.1) is 0 Å². The number of hydrogen-bond donors (Lipinski definition) is 0. The molecule has 2 aromatic carbocycles. The average molecular weight is 248 g/mol. The van der Waals surface area contributed by atoms with Crippen LogP contribution in [0, 0.1) is 11.8 Å². The second-order valence-electron chi connectivity index (χ2n) is 3.79. The quantitative estimate of drug-likeness (QED) is 0.603. The predicted molar refractivity (Wildman–Crippen MR) is 75.4 cm³/mol. The number of allylic oxidation sites excluding steroid dienone is 1. The van der Waals surface area contributed by atoms with Gasteiger partial charge in [0, 0.05) is 11.1 Å². The van der Waals surface area contributed by atoms with Crippen LogP contribution in [0.4, 0.5) is 0 Å². The van der Waals surface area contributed by atoms with Crippen LogP contribution in [0.3, 0.4) is 0 Å². The Morgan fingerprint density at radius 3 is 2.37 bits per heavy atom. The van der Waals surface area contributed by atoms with Gasteiger partial charge in [0.15, 0.2) is 0 Å². The number of para-hydroxylation sites is 1. The molecule has 0 aromatic heterocycles. The van der Waals surface area contributed by atoms with E-state index in [1.54, 1.807) is 19.2 Å². The molecule has 0 radical (unpaired) electrons. The Morgan fingerprint density at radius 1 is 1.00 bits per heavy atom.